The quantitative estimate of drug-likeness (QED) is 0.608. The number of amides is 1. The second kappa shape index (κ2) is 7.36. The van der Waals surface area contributed by atoms with Crippen molar-refractivity contribution in [2.24, 2.45) is 5.92 Å². The number of ether oxygens (including phenoxy) is 2. The van der Waals surface area contributed by atoms with Crippen LogP contribution in [0.5, 0.6) is 11.5 Å². The van der Waals surface area contributed by atoms with E-state index in [1.807, 2.05) is 23.6 Å². The van der Waals surface area contributed by atoms with Crippen molar-refractivity contribution in [3.63, 3.8) is 0 Å². The third-order valence-electron chi connectivity index (χ3n) is 5.23. The van der Waals surface area contributed by atoms with Crippen molar-refractivity contribution in [2.75, 3.05) is 19.9 Å². The summed E-state index contributed by atoms with van der Waals surface area (Å²) in [6.07, 6.45) is 1.59. The third kappa shape index (κ3) is 3.40. The van der Waals surface area contributed by atoms with E-state index >= 15 is 0 Å². The number of hydrogen-bond donors (Lipinski definition) is 0. The van der Waals surface area contributed by atoms with Crippen molar-refractivity contribution in [3.05, 3.63) is 52.3 Å². The second-order valence-corrected chi connectivity index (χ2v) is 8.02. The van der Waals surface area contributed by atoms with Gasteiger partial charge in [0.15, 0.2) is 28.7 Å². The fourth-order valence-corrected chi connectivity index (χ4v) is 4.46. The zero-order valence-electron chi connectivity index (χ0n) is 15.5. The van der Waals surface area contributed by atoms with Crippen LogP contribution in [0.4, 0.5) is 0 Å². The molecule has 0 spiro atoms. The molecule has 0 aliphatic carbocycles. The molecule has 29 heavy (non-hydrogen) atoms. The van der Waals surface area contributed by atoms with Gasteiger partial charge in [-0.25, -0.2) is 0 Å². The lowest BCUT2D eigenvalue weighted by molar-refractivity contribution is 0.0630. The molecule has 0 unspecified atom stereocenters. The summed E-state index contributed by atoms with van der Waals surface area (Å²) in [4.78, 5) is 28.0. The van der Waals surface area contributed by atoms with Crippen LogP contribution in [0.3, 0.4) is 0 Å². The number of carbonyl (C=O) groups is 2. The molecule has 0 N–H and O–H groups in total. The molecule has 3 aromatic rings. The number of piperidine rings is 1. The molecule has 0 radical (unpaired) electrons. The maximum absolute atomic E-state index is 12.9. The fraction of sp³-hybridized carbons (Fsp3) is 0.286. The van der Waals surface area contributed by atoms with Crippen LogP contribution in [-0.2, 0) is 0 Å². The van der Waals surface area contributed by atoms with E-state index in [-0.39, 0.29) is 30.1 Å². The van der Waals surface area contributed by atoms with Crippen LogP contribution < -0.4 is 9.47 Å². The Morgan fingerprint density at radius 3 is 2.90 bits per heavy atom. The van der Waals surface area contributed by atoms with Crippen molar-refractivity contribution in [1.82, 2.24) is 10.1 Å². The largest absolute Gasteiger partial charge is 0.454 e. The number of benzene rings is 1. The number of fused-ring (bicyclic) bond motifs is 1. The van der Waals surface area contributed by atoms with Gasteiger partial charge in [-0.15, -0.1) is 11.3 Å². The number of rotatable bonds is 4. The Kier molecular flexibility index (Phi) is 4.55. The van der Waals surface area contributed by atoms with Gasteiger partial charge in [-0.2, -0.15) is 0 Å². The van der Waals surface area contributed by atoms with E-state index in [4.69, 9.17) is 14.0 Å². The van der Waals surface area contributed by atoms with Crippen LogP contribution in [0.25, 0.3) is 11.3 Å². The van der Waals surface area contributed by atoms with Crippen molar-refractivity contribution in [1.29, 1.82) is 0 Å². The van der Waals surface area contributed by atoms with Gasteiger partial charge < -0.3 is 18.9 Å². The van der Waals surface area contributed by atoms with Gasteiger partial charge in [0, 0.05) is 30.6 Å². The molecule has 0 saturated carbocycles. The summed E-state index contributed by atoms with van der Waals surface area (Å²) in [7, 11) is 0. The van der Waals surface area contributed by atoms with Crippen molar-refractivity contribution in [2.45, 2.75) is 12.8 Å². The lowest BCUT2D eigenvalue weighted by atomic mass is 9.93. The van der Waals surface area contributed by atoms with Gasteiger partial charge >= 0.3 is 0 Å². The summed E-state index contributed by atoms with van der Waals surface area (Å²) in [6.45, 7) is 1.21. The normalized spacial score (nSPS) is 18.1. The van der Waals surface area contributed by atoms with Crippen LogP contribution in [0.1, 0.15) is 33.0 Å². The highest BCUT2D eigenvalue weighted by Crippen LogP contribution is 2.36. The molecule has 2 aliphatic heterocycles. The first kappa shape index (κ1) is 17.9. The Hall–Kier alpha value is -3.13. The molecule has 1 saturated heterocycles. The highest BCUT2D eigenvalue weighted by molar-refractivity contribution is 7.12. The first-order valence-electron chi connectivity index (χ1n) is 9.43. The molecule has 1 aromatic carbocycles. The lowest BCUT2D eigenvalue weighted by Gasteiger charge is -2.31. The van der Waals surface area contributed by atoms with Gasteiger partial charge in [-0.1, -0.05) is 11.2 Å². The van der Waals surface area contributed by atoms with Crippen LogP contribution >= 0.6 is 11.3 Å². The molecular formula is C21H18N2O5S. The molecule has 1 amide bonds. The standard InChI is InChI=1S/C21H18N2O5S/c24-20(19-4-2-8-29-19)14-3-1-7-23(11-14)21(25)15-10-17(28-22-15)13-5-6-16-18(9-13)27-12-26-16/h2,4-6,8-10,14H,1,3,7,11-12H2/t14-/m0/s1. The molecule has 8 heteroatoms. The second-order valence-electron chi connectivity index (χ2n) is 7.08. The van der Waals surface area contributed by atoms with E-state index < -0.39 is 0 Å². The predicted molar refractivity (Wildman–Crippen MR) is 105 cm³/mol. The summed E-state index contributed by atoms with van der Waals surface area (Å²) < 4.78 is 16.1. The van der Waals surface area contributed by atoms with Crippen LogP contribution in [0.15, 0.2) is 46.3 Å². The van der Waals surface area contributed by atoms with Crippen LogP contribution in [-0.4, -0.2) is 41.6 Å². The molecule has 148 valence electrons. The Morgan fingerprint density at radius 1 is 1.14 bits per heavy atom. The maximum atomic E-state index is 12.9. The number of hydrogen-bond acceptors (Lipinski definition) is 7. The number of thiophene rings is 1. The molecular weight excluding hydrogens is 392 g/mol. The summed E-state index contributed by atoms with van der Waals surface area (Å²) in [5.74, 6) is 1.52. The van der Waals surface area contributed by atoms with Crippen molar-refractivity contribution in [3.8, 4) is 22.8 Å². The average Bonchev–Trinajstić information content (AvgIpc) is 3.53. The Labute approximate surface area is 170 Å². The molecule has 1 fully saturated rings. The van der Waals surface area contributed by atoms with E-state index in [0.717, 1.165) is 23.3 Å². The lowest BCUT2D eigenvalue weighted by Crippen LogP contribution is -2.42. The van der Waals surface area contributed by atoms with Gasteiger partial charge in [0.2, 0.25) is 6.79 Å². The molecule has 1 atom stereocenters. The van der Waals surface area contributed by atoms with Crippen molar-refractivity contribution >= 4 is 23.0 Å². The molecule has 7 nitrogen and oxygen atoms in total. The number of Topliss-reactive ketones (excluding diaryl/α,β-unsaturated/α-hetero) is 1. The smallest absolute Gasteiger partial charge is 0.276 e. The van der Waals surface area contributed by atoms with Gasteiger partial charge in [-0.3, -0.25) is 9.59 Å². The Balaban J connectivity index is 1.31. The van der Waals surface area contributed by atoms with Gasteiger partial charge in [0.1, 0.15) is 0 Å². The third-order valence-corrected chi connectivity index (χ3v) is 6.11. The summed E-state index contributed by atoms with van der Waals surface area (Å²) >= 11 is 1.44. The molecule has 0 bridgehead atoms. The van der Waals surface area contributed by atoms with Crippen LogP contribution in [0.2, 0.25) is 0 Å². The number of likely N-dealkylation sites (tertiary alicyclic amines) is 1. The van der Waals surface area contributed by atoms with Gasteiger partial charge in [0.05, 0.1) is 4.88 Å². The Bertz CT molecular complexity index is 1060. The summed E-state index contributed by atoms with van der Waals surface area (Å²) in [5.41, 5.74) is 0.993. The highest BCUT2D eigenvalue weighted by atomic mass is 32.1. The zero-order chi connectivity index (χ0) is 19.8. The molecule has 2 aliphatic rings. The number of nitrogens with zero attached hydrogens (tertiary/aromatic N) is 2. The van der Waals surface area contributed by atoms with E-state index in [9.17, 15) is 9.59 Å². The molecule has 5 rings (SSSR count). The maximum Gasteiger partial charge on any atom is 0.276 e. The van der Waals surface area contributed by atoms with E-state index in [0.29, 0.717) is 30.3 Å². The topological polar surface area (TPSA) is 81.9 Å². The highest BCUT2D eigenvalue weighted by Gasteiger charge is 2.31. The summed E-state index contributed by atoms with van der Waals surface area (Å²) in [6, 6.07) is 10.8. The van der Waals surface area contributed by atoms with Gasteiger partial charge in [-0.05, 0) is 42.5 Å². The van der Waals surface area contributed by atoms with Gasteiger partial charge in [0.25, 0.3) is 5.91 Å². The summed E-state index contributed by atoms with van der Waals surface area (Å²) in [5, 5.41) is 5.85. The molecule has 2 aromatic heterocycles. The monoisotopic (exact) mass is 410 g/mol. The minimum absolute atomic E-state index is 0.110. The number of ketones is 1. The SMILES string of the molecule is O=C(c1cccs1)[C@H]1CCCN(C(=O)c2cc(-c3ccc4c(c3)OCO4)on2)C1. The number of carbonyl (C=O) groups excluding carboxylic acids is 2. The zero-order valence-corrected chi connectivity index (χ0v) is 16.3. The minimum atomic E-state index is -0.218. The first-order chi connectivity index (χ1) is 14.2. The predicted octanol–water partition coefficient (Wildman–Crippen LogP) is 3.87. The first-order valence-corrected chi connectivity index (χ1v) is 10.3. The molecule has 4 heterocycles. The Morgan fingerprint density at radius 2 is 2.03 bits per heavy atom. The average molecular weight is 410 g/mol. The van der Waals surface area contributed by atoms with E-state index in [1.165, 1.54) is 11.3 Å². The van der Waals surface area contributed by atoms with E-state index in [1.54, 1.807) is 23.1 Å². The van der Waals surface area contributed by atoms with Crippen LogP contribution in [0, 0.1) is 5.92 Å². The van der Waals surface area contributed by atoms with Crippen molar-refractivity contribution < 1.29 is 23.6 Å². The van der Waals surface area contributed by atoms with E-state index in [2.05, 4.69) is 5.16 Å². The fourth-order valence-electron chi connectivity index (χ4n) is 3.72. The minimum Gasteiger partial charge on any atom is -0.454 e. The number of aromatic nitrogens is 1.